The van der Waals surface area contributed by atoms with Crippen LogP contribution in [0.3, 0.4) is 0 Å². The maximum Gasteiger partial charge on any atom is 0.304 e. The van der Waals surface area contributed by atoms with Crippen molar-refractivity contribution in [2.75, 3.05) is 32.1 Å². The zero-order valence-electron chi connectivity index (χ0n) is 16.2. The van der Waals surface area contributed by atoms with Crippen molar-refractivity contribution in [3.05, 3.63) is 59.9 Å². The number of nitrogens with zero attached hydrogens (tertiary/aromatic N) is 2. The molecule has 152 valence electrons. The van der Waals surface area contributed by atoms with E-state index in [4.69, 9.17) is 4.74 Å². The Bertz CT molecular complexity index is 934. The van der Waals surface area contributed by atoms with Gasteiger partial charge in [0.25, 0.3) is 0 Å². The number of carbonyl (C=O) groups is 1. The van der Waals surface area contributed by atoms with Crippen LogP contribution in [0.4, 0.5) is 10.1 Å². The van der Waals surface area contributed by atoms with Gasteiger partial charge in [-0.05, 0) is 25.1 Å². The monoisotopic (exact) mass is 409 g/mol. The van der Waals surface area contributed by atoms with Gasteiger partial charge in [-0.3, -0.25) is 4.79 Å². The summed E-state index contributed by atoms with van der Waals surface area (Å²) >= 11 is 0. The third-order valence-corrected chi connectivity index (χ3v) is 5.94. The van der Waals surface area contributed by atoms with Crippen molar-refractivity contribution < 1.29 is 22.3 Å². The van der Waals surface area contributed by atoms with E-state index in [1.807, 2.05) is 6.07 Å². The summed E-state index contributed by atoms with van der Waals surface area (Å²) in [6, 6.07) is 12.1. The number of benzene rings is 2. The lowest BCUT2D eigenvalue weighted by Gasteiger charge is -2.28. The molecule has 0 unspecified atom stereocenters. The molecule has 0 saturated carbocycles. The van der Waals surface area contributed by atoms with Gasteiger partial charge in [0.15, 0.2) is 0 Å². The van der Waals surface area contributed by atoms with Crippen LogP contribution in [0, 0.1) is 5.82 Å². The molecule has 2 aromatic carbocycles. The van der Waals surface area contributed by atoms with Crippen LogP contribution >= 0.6 is 0 Å². The fourth-order valence-electron chi connectivity index (χ4n) is 2.66. The molecule has 0 saturated heterocycles. The first-order chi connectivity index (χ1) is 13.2. The van der Waals surface area contributed by atoms with E-state index >= 15 is 0 Å². The van der Waals surface area contributed by atoms with Gasteiger partial charge in [0.2, 0.25) is 5.91 Å². The Morgan fingerprint density at radius 1 is 1.14 bits per heavy atom. The molecule has 0 aromatic heterocycles. The lowest BCUT2D eigenvalue weighted by Crippen LogP contribution is -2.46. The van der Waals surface area contributed by atoms with E-state index in [1.54, 1.807) is 25.1 Å². The van der Waals surface area contributed by atoms with E-state index in [-0.39, 0.29) is 5.69 Å². The summed E-state index contributed by atoms with van der Waals surface area (Å²) in [5.74, 6) is -0.715. The number of carbonyl (C=O) groups excluding carboxylic acids is 1. The van der Waals surface area contributed by atoms with Crippen LogP contribution in [0.15, 0.2) is 48.5 Å². The van der Waals surface area contributed by atoms with Gasteiger partial charge < -0.3 is 10.1 Å². The number of amides is 1. The van der Waals surface area contributed by atoms with E-state index in [0.29, 0.717) is 5.75 Å². The minimum absolute atomic E-state index is 0.198. The van der Waals surface area contributed by atoms with E-state index in [2.05, 4.69) is 5.32 Å². The molecule has 0 fully saturated rings. The second kappa shape index (κ2) is 9.03. The minimum Gasteiger partial charge on any atom is -0.496 e. The van der Waals surface area contributed by atoms with Crippen LogP contribution in [-0.2, 0) is 15.0 Å². The normalized spacial score (nSPS) is 12.5. The molecule has 0 aliphatic heterocycles. The lowest BCUT2D eigenvalue weighted by atomic mass is 10.1. The number of anilines is 1. The van der Waals surface area contributed by atoms with Crippen LogP contribution < -0.4 is 14.4 Å². The van der Waals surface area contributed by atoms with Gasteiger partial charge in [0, 0.05) is 19.7 Å². The molecule has 2 aromatic rings. The van der Waals surface area contributed by atoms with E-state index in [1.165, 1.54) is 39.4 Å². The Balaban J connectivity index is 2.27. The smallest absolute Gasteiger partial charge is 0.304 e. The van der Waals surface area contributed by atoms with Gasteiger partial charge in [-0.25, -0.2) is 8.70 Å². The summed E-state index contributed by atoms with van der Waals surface area (Å²) in [5, 5.41) is 2.74. The molecule has 7 nitrogen and oxygen atoms in total. The third-order valence-electron chi connectivity index (χ3n) is 4.13. The van der Waals surface area contributed by atoms with Crippen molar-refractivity contribution >= 4 is 21.8 Å². The summed E-state index contributed by atoms with van der Waals surface area (Å²) in [6.45, 7) is 1.19. The summed E-state index contributed by atoms with van der Waals surface area (Å²) in [4.78, 5) is 12.6. The first-order valence-corrected chi connectivity index (χ1v) is 9.95. The molecule has 0 aliphatic carbocycles. The van der Waals surface area contributed by atoms with Gasteiger partial charge >= 0.3 is 10.2 Å². The van der Waals surface area contributed by atoms with Crippen molar-refractivity contribution in [3.8, 4) is 5.75 Å². The molecule has 0 aliphatic rings. The van der Waals surface area contributed by atoms with Crippen LogP contribution in [-0.4, -0.2) is 46.4 Å². The second-order valence-electron chi connectivity index (χ2n) is 6.28. The SMILES string of the molecule is COc1ccccc1[C@@H](C)NC(=O)CN(c1ccccc1F)S(=O)(=O)N(C)C. The molecule has 0 spiro atoms. The van der Waals surface area contributed by atoms with Gasteiger partial charge in [-0.1, -0.05) is 30.3 Å². The predicted octanol–water partition coefficient (Wildman–Crippen LogP) is 2.32. The van der Waals surface area contributed by atoms with Crippen LogP contribution in [0.5, 0.6) is 5.75 Å². The molecule has 1 amide bonds. The quantitative estimate of drug-likeness (QED) is 0.726. The number of para-hydroxylation sites is 2. The molecule has 1 atom stereocenters. The number of rotatable bonds is 8. The summed E-state index contributed by atoms with van der Waals surface area (Å²) < 4.78 is 46.5. The minimum atomic E-state index is -4.08. The Hall–Kier alpha value is -2.65. The highest BCUT2D eigenvalue weighted by molar-refractivity contribution is 7.90. The van der Waals surface area contributed by atoms with Crippen molar-refractivity contribution in [1.82, 2.24) is 9.62 Å². The Morgan fingerprint density at radius 2 is 1.75 bits per heavy atom. The lowest BCUT2D eigenvalue weighted by molar-refractivity contribution is -0.120. The van der Waals surface area contributed by atoms with E-state index in [9.17, 15) is 17.6 Å². The fourth-order valence-corrected chi connectivity index (χ4v) is 3.73. The molecular formula is C19H24FN3O4S. The second-order valence-corrected chi connectivity index (χ2v) is 8.35. The summed E-state index contributed by atoms with van der Waals surface area (Å²) in [6.07, 6.45) is 0. The maximum atomic E-state index is 14.2. The van der Waals surface area contributed by atoms with Crippen molar-refractivity contribution in [2.24, 2.45) is 0 Å². The summed E-state index contributed by atoms with van der Waals surface area (Å²) in [5.41, 5.74) is 0.544. The van der Waals surface area contributed by atoms with Gasteiger partial charge in [0.1, 0.15) is 18.1 Å². The molecule has 9 heteroatoms. The molecule has 0 heterocycles. The topological polar surface area (TPSA) is 79.0 Å². The highest BCUT2D eigenvalue weighted by Gasteiger charge is 2.29. The first-order valence-electron chi connectivity index (χ1n) is 8.55. The number of nitrogens with one attached hydrogen (secondary N) is 1. The average molecular weight is 409 g/mol. The first kappa shape index (κ1) is 21.6. The van der Waals surface area contributed by atoms with E-state index < -0.39 is 34.5 Å². The standard InChI is InChI=1S/C19H24FN3O4S/c1-14(15-9-5-8-12-18(15)27-4)21-19(24)13-23(28(25,26)22(2)3)17-11-7-6-10-16(17)20/h5-12,14H,13H2,1-4H3,(H,21,24)/t14-/m1/s1. The van der Waals surface area contributed by atoms with Crippen molar-refractivity contribution in [2.45, 2.75) is 13.0 Å². The number of hydrogen-bond donors (Lipinski definition) is 1. The van der Waals surface area contributed by atoms with Gasteiger partial charge in [0.05, 0.1) is 18.8 Å². The zero-order chi connectivity index (χ0) is 20.9. The molecular weight excluding hydrogens is 385 g/mol. The van der Waals surface area contributed by atoms with Crippen molar-refractivity contribution in [3.63, 3.8) is 0 Å². The maximum absolute atomic E-state index is 14.2. The third kappa shape index (κ3) is 4.79. The van der Waals surface area contributed by atoms with Crippen LogP contribution in [0.25, 0.3) is 0 Å². The van der Waals surface area contributed by atoms with E-state index in [0.717, 1.165) is 20.2 Å². The molecule has 28 heavy (non-hydrogen) atoms. The highest BCUT2D eigenvalue weighted by atomic mass is 32.2. The van der Waals surface area contributed by atoms with Crippen molar-refractivity contribution in [1.29, 1.82) is 0 Å². The number of methoxy groups -OCH3 is 1. The number of halogens is 1. The zero-order valence-corrected chi connectivity index (χ0v) is 17.0. The average Bonchev–Trinajstić information content (AvgIpc) is 2.66. The van der Waals surface area contributed by atoms with Gasteiger partial charge in [-0.15, -0.1) is 0 Å². The predicted molar refractivity (Wildman–Crippen MR) is 106 cm³/mol. The number of ether oxygens (including phenoxy) is 1. The van der Waals surface area contributed by atoms with Crippen LogP contribution in [0.1, 0.15) is 18.5 Å². The Morgan fingerprint density at radius 3 is 2.36 bits per heavy atom. The Kier molecular flexibility index (Phi) is 6.98. The largest absolute Gasteiger partial charge is 0.496 e. The molecule has 0 bridgehead atoms. The molecule has 1 N–H and O–H groups in total. The molecule has 0 radical (unpaired) electrons. The Labute approximate surface area is 164 Å². The van der Waals surface area contributed by atoms with Gasteiger partial charge in [-0.2, -0.15) is 12.7 Å². The highest BCUT2D eigenvalue weighted by Crippen LogP contribution is 2.25. The molecule has 2 rings (SSSR count). The van der Waals surface area contributed by atoms with Crippen LogP contribution in [0.2, 0.25) is 0 Å². The fraction of sp³-hybridized carbons (Fsp3) is 0.316. The summed E-state index contributed by atoms with van der Waals surface area (Å²) in [7, 11) is 0.0790. The number of hydrogen-bond acceptors (Lipinski definition) is 4.